The number of amides is 1. The van der Waals surface area contributed by atoms with Crippen molar-refractivity contribution in [2.75, 3.05) is 14.1 Å². The van der Waals surface area contributed by atoms with Crippen molar-refractivity contribution in [1.29, 1.82) is 0 Å². The number of carbonyl (C=O) groups excluding carboxylic acids is 1. The van der Waals surface area contributed by atoms with Gasteiger partial charge in [-0.2, -0.15) is 0 Å². The predicted octanol–water partition coefficient (Wildman–Crippen LogP) is 2.45. The number of hydrogen-bond acceptors (Lipinski definition) is 2. The summed E-state index contributed by atoms with van der Waals surface area (Å²) in [7, 11) is 3.53. The highest BCUT2D eigenvalue weighted by Crippen LogP contribution is 2.19. The number of aryl methyl sites for hydroxylation is 1. The Morgan fingerprint density at radius 2 is 2.06 bits per heavy atom. The molecule has 2 aromatic rings. The van der Waals surface area contributed by atoms with Crippen molar-refractivity contribution >= 4 is 16.9 Å². The molecule has 3 nitrogen and oxygen atoms in total. The van der Waals surface area contributed by atoms with Gasteiger partial charge in [0.2, 0.25) is 5.91 Å². The molecular formula is C13H15NO2. The molecule has 3 heteroatoms. The lowest BCUT2D eigenvalue weighted by atomic mass is 10.2. The number of furan rings is 1. The molecule has 0 aliphatic rings. The maximum absolute atomic E-state index is 11.4. The van der Waals surface area contributed by atoms with Gasteiger partial charge in [-0.1, -0.05) is 18.2 Å². The van der Waals surface area contributed by atoms with Crippen LogP contribution in [0.5, 0.6) is 0 Å². The van der Waals surface area contributed by atoms with Gasteiger partial charge in [-0.3, -0.25) is 4.79 Å². The van der Waals surface area contributed by atoms with Crippen LogP contribution in [0, 0.1) is 0 Å². The van der Waals surface area contributed by atoms with Crippen LogP contribution < -0.4 is 0 Å². The standard InChI is InChI=1S/C13H15NO2/c1-14(2)13(15)8-7-11-9-10-5-3-4-6-12(10)16-11/h3-6,9H,7-8H2,1-2H3. The molecule has 0 spiro atoms. The molecule has 0 saturated carbocycles. The smallest absolute Gasteiger partial charge is 0.222 e. The Balaban J connectivity index is 2.07. The van der Waals surface area contributed by atoms with Gasteiger partial charge in [0, 0.05) is 32.3 Å². The summed E-state index contributed by atoms with van der Waals surface area (Å²) in [6.45, 7) is 0. The van der Waals surface area contributed by atoms with Crippen LogP contribution in [0.4, 0.5) is 0 Å². The van der Waals surface area contributed by atoms with E-state index in [4.69, 9.17) is 4.42 Å². The van der Waals surface area contributed by atoms with Gasteiger partial charge >= 0.3 is 0 Å². The zero-order valence-corrected chi connectivity index (χ0v) is 9.56. The molecule has 0 fully saturated rings. The van der Waals surface area contributed by atoms with E-state index in [1.807, 2.05) is 30.3 Å². The van der Waals surface area contributed by atoms with Gasteiger partial charge in [-0.15, -0.1) is 0 Å². The van der Waals surface area contributed by atoms with Crippen LogP contribution in [0.3, 0.4) is 0 Å². The van der Waals surface area contributed by atoms with Crippen molar-refractivity contribution in [3.05, 3.63) is 36.1 Å². The monoisotopic (exact) mass is 217 g/mol. The Kier molecular flexibility index (Phi) is 2.95. The first-order chi connectivity index (χ1) is 7.66. The number of hydrogen-bond donors (Lipinski definition) is 0. The Morgan fingerprint density at radius 1 is 1.31 bits per heavy atom. The van der Waals surface area contributed by atoms with Crippen molar-refractivity contribution in [3.63, 3.8) is 0 Å². The van der Waals surface area contributed by atoms with Crippen LogP contribution in [0.2, 0.25) is 0 Å². The van der Waals surface area contributed by atoms with E-state index >= 15 is 0 Å². The third kappa shape index (κ3) is 2.24. The Hall–Kier alpha value is -1.77. The quantitative estimate of drug-likeness (QED) is 0.791. The molecule has 16 heavy (non-hydrogen) atoms. The zero-order chi connectivity index (χ0) is 11.5. The predicted molar refractivity (Wildman–Crippen MR) is 63.2 cm³/mol. The number of rotatable bonds is 3. The summed E-state index contributed by atoms with van der Waals surface area (Å²) in [6, 6.07) is 9.87. The molecule has 1 aromatic carbocycles. The lowest BCUT2D eigenvalue weighted by molar-refractivity contribution is -0.128. The zero-order valence-electron chi connectivity index (χ0n) is 9.56. The van der Waals surface area contributed by atoms with E-state index in [-0.39, 0.29) is 5.91 Å². The lowest BCUT2D eigenvalue weighted by Gasteiger charge is -2.08. The number of carbonyl (C=O) groups is 1. The number of para-hydroxylation sites is 1. The number of benzene rings is 1. The Labute approximate surface area is 94.7 Å². The molecule has 0 bridgehead atoms. The minimum Gasteiger partial charge on any atom is -0.461 e. The first-order valence-corrected chi connectivity index (χ1v) is 5.34. The van der Waals surface area contributed by atoms with E-state index in [1.165, 1.54) is 0 Å². The molecule has 1 amide bonds. The van der Waals surface area contributed by atoms with Gasteiger partial charge in [0.1, 0.15) is 11.3 Å². The van der Waals surface area contributed by atoms with E-state index in [0.29, 0.717) is 12.8 Å². The van der Waals surface area contributed by atoms with Gasteiger partial charge in [-0.25, -0.2) is 0 Å². The van der Waals surface area contributed by atoms with E-state index in [9.17, 15) is 4.79 Å². The van der Waals surface area contributed by atoms with Crippen molar-refractivity contribution in [2.45, 2.75) is 12.8 Å². The van der Waals surface area contributed by atoms with Crippen LogP contribution in [-0.2, 0) is 11.2 Å². The summed E-state index contributed by atoms with van der Waals surface area (Å²) in [6.07, 6.45) is 1.15. The first kappa shape index (κ1) is 10.7. The van der Waals surface area contributed by atoms with Gasteiger partial charge in [0.25, 0.3) is 0 Å². The summed E-state index contributed by atoms with van der Waals surface area (Å²) < 4.78 is 5.63. The van der Waals surface area contributed by atoms with Crippen molar-refractivity contribution in [3.8, 4) is 0 Å². The molecule has 0 aliphatic heterocycles. The van der Waals surface area contributed by atoms with Gasteiger partial charge in [-0.05, 0) is 12.1 Å². The van der Waals surface area contributed by atoms with Gasteiger partial charge in [0.15, 0.2) is 0 Å². The number of fused-ring (bicyclic) bond motifs is 1. The maximum atomic E-state index is 11.4. The second-order valence-corrected chi connectivity index (χ2v) is 4.04. The first-order valence-electron chi connectivity index (χ1n) is 5.34. The molecule has 1 heterocycles. The highest BCUT2D eigenvalue weighted by molar-refractivity contribution is 5.78. The average molecular weight is 217 g/mol. The summed E-state index contributed by atoms with van der Waals surface area (Å²) in [5.74, 6) is 0.997. The van der Waals surface area contributed by atoms with E-state index < -0.39 is 0 Å². The SMILES string of the molecule is CN(C)C(=O)CCc1cc2ccccc2o1. The highest BCUT2D eigenvalue weighted by atomic mass is 16.3. The van der Waals surface area contributed by atoms with Crippen LogP contribution in [0.1, 0.15) is 12.2 Å². The van der Waals surface area contributed by atoms with Crippen LogP contribution in [0.25, 0.3) is 11.0 Å². The van der Waals surface area contributed by atoms with Crippen LogP contribution in [0.15, 0.2) is 34.7 Å². The largest absolute Gasteiger partial charge is 0.461 e. The minimum atomic E-state index is 0.125. The normalized spacial score (nSPS) is 10.6. The summed E-state index contributed by atoms with van der Waals surface area (Å²) in [5.41, 5.74) is 0.884. The lowest BCUT2D eigenvalue weighted by Crippen LogP contribution is -2.21. The fourth-order valence-corrected chi connectivity index (χ4v) is 1.61. The molecule has 2 rings (SSSR count). The van der Waals surface area contributed by atoms with Crippen molar-refractivity contribution < 1.29 is 9.21 Å². The van der Waals surface area contributed by atoms with Crippen LogP contribution in [-0.4, -0.2) is 24.9 Å². The van der Waals surface area contributed by atoms with Gasteiger partial charge < -0.3 is 9.32 Å². The van der Waals surface area contributed by atoms with Gasteiger partial charge in [0.05, 0.1) is 0 Å². The fraction of sp³-hybridized carbons (Fsp3) is 0.308. The highest BCUT2D eigenvalue weighted by Gasteiger charge is 2.07. The Bertz CT molecular complexity index is 466. The van der Waals surface area contributed by atoms with E-state index in [0.717, 1.165) is 16.7 Å². The third-order valence-corrected chi connectivity index (χ3v) is 2.56. The fourth-order valence-electron chi connectivity index (χ4n) is 1.61. The molecule has 0 aliphatic carbocycles. The second kappa shape index (κ2) is 4.39. The molecule has 84 valence electrons. The molecule has 0 unspecified atom stereocenters. The average Bonchev–Trinajstić information content (AvgIpc) is 2.68. The summed E-state index contributed by atoms with van der Waals surface area (Å²) >= 11 is 0. The molecule has 0 radical (unpaired) electrons. The van der Waals surface area contributed by atoms with E-state index in [2.05, 4.69) is 0 Å². The summed E-state index contributed by atoms with van der Waals surface area (Å²) in [4.78, 5) is 13.0. The van der Waals surface area contributed by atoms with Crippen molar-refractivity contribution in [2.24, 2.45) is 0 Å². The van der Waals surface area contributed by atoms with Crippen molar-refractivity contribution in [1.82, 2.24) is 4.90 Å². The third-order valence-electron chi connectivity index (χ3n) is 2.56. The minimum absolute atomic E-state index is 0.125. The molecule has 0 saturated heterocycles. The number of nitrogens with zero attached hydrogens (tertiary/aromatic N) is 1. The molecular weight excluding hydrogens is 202 g/mol. The second-order valence-electron chi connectivity index (χ2n) is 4.04. The summed E-state index contributed by atoms with van der Waals surface area (Å²) in [5, 5.41) is 1.09. The topological polar surface area (TPSA) is 33.5 Å². The maximum Gasteiger partial charge on any atom is 0.222 e. The molecule has 0 atom stereocenters. The molecule has 0 N–H and O–H groups in total. The molecule has 1 aromatic heterocycles. The Morgan fingerprint density at radius 3 is 2.75 bits per heavy atom. The van der Waals surface area contributed by atoms with Crippen LogP contribution >= 0.6 is 0 Å². The van der Waals surface area contributed by atoms with E-state index in [1.54, 1.807) is 19.0 Å².